The van der Waals surface area contributed by atoms with Gasteiger partial charge in [0.05, 0.1) is 19.6 Å². The molecule has 2 rings (SSSR count). The molecule has 1 heterocycles. The first kappa shape index (κ1) is 33.3. The van der Waals surface area contributed by atoms with Crippen LogP contribution in [0.1, 0.15) is 33.3 Å². The van der Waals surface area contributed by atoms with Gasteiger partial charge >= 0.3 is 17.9 Å². The Bertz CT molecular complexity index is 734. The van der Waals surface area contributed by atoms with E-state index in [9.17, 15) is 24.6 Å². The number of nitrogens with zero attached hydrogens (tertiary/aromatic N) is 3. The lowest BCUT2D eigenvalue weighted by atomic mass is 10.0. The van der Waals surface area contributed by atoms with Crippen LogP contribution in [-0.4, -0.2) is 119 Å². The van der Waals surface area contributed by atoms with Gasteiger partial charge in [0.15, 0.2) is 0 Å². The number of hydrogen-bond acceptors (Lipinski definition) is 8. The Kier molecular flexibility index (Phi) is 18.0. The number of nitrogens with one attached hydrogen (secondary N) is 1. The summed E-state index contributed by atoms with van der Waals surface area (Å²) in [5.41, 5.74) is 7.43. The Morgan fingerprint density at radius 3 is 1.58 bits per heavy atom. The summed E-state index contributed by atoms with van der Waals surface area (Å²) in [5.74, 6) is -2.80. The normalized spacial score (nSPS) is 16.1. The summed E-state index contributed by atoms with van der Waals surface area (Å²) in [6.07, 6.45) is 0.599. The molecular weight excluding hydrogens is 466 g/mol. The largest absolute Gasteiger partial charge is 0.480 e. The highest BCUT2D eigenvalue weighted by molar-refractivity contribution is 5.69. The summed E-state index contributed by atoms with van der Waals surface area (Å²) >= 11 is 0. The fourth-order valence-corrected chi connectivity index (χ4v) is 3.75. The zero-order valence-corrected chi connectivity index (χ0v) is 22.2. The quantitative estimate of drug-likeness (QED) is 0.270. The smallest absolute Gasteiger partial charge is 0.317 e. The van der Waals surface area contributed by atoms with Crippen LogP contribution in [0.4, 0.5) is 5.69 Å². The zero-order chi connectivity index (χ0) is 27.5. The summed E-state index contributed by atoms with van der Waals surface area (Å²) in [6.45, 7) is 11.3. The average Bonchev–Trinajstić information content (AvgIpc) is 2.92. The molecule has 11 heteroatoms. The number of carboxylic acid groups (broad SMARTS) is 3. The molecule has 1 atom stereocenters. The number of anilines is 1. The second kappa shape index (κ2) is 19.5. The lowest BCUT2D eigenvalue weighted by molar-refractivity contribution is -0.140. The molecule has 1 fully saturated rings. The molecule has 11 nitrogen and oxygen atoms in total. The Labute approximate surface area is 214 Å². The summed E-state index contributed by atoms with van der Waals surface area (Å²) in [7, 11) is 0. The first-order chi connectivity index (χ1) is 17.2. The summed E-state index contributed by atoms with van der Waals surface area (Å²) in [6, 6.07) is 7.27. The van der Waals surface area contributed by atoms with E-state index in [0.717, 1.165) is 5.56 Å². The van der Waals surface area contributed by atoms with Crippen molar-refractivity contribution in [1.29, 1.82) is 0 Å². The third-order valence-corrected chi connectivity index (χ3v) is 5.40. The van der Waals surface area contributed by atoms with Gasteiger partial charge in [-0.1, -0.05) is 39.8 Å². The molecule has 1 aromatic carbocycles. The van der Waals surface area contributed by atoms with Crippen molar-refractivity contribution in [2.45, 2.75) is 40.2 Å². The van der Waals surface area contributed by atoms with E-state index in [1.165, 1.54) is 0 Å². The van der Waals surface area contributed by atoms with E-state index in [1.807, 2.05) is 39.8 Å². The van der Waals surface area contributed by atoms with Gasteiger partial charge in [-0.25, -0.2) is 0 Å². The number of carboxylic acids is 3. The molecule has 0 aliphatic carbocycles. The lowest BCUT2D eigenvalue weighted by Gasteiger charge is -2.29. The molecule has 1 saturated heterocycles. The molecule has 1 aliphatic heterocycles. The molecule has 0 spiro atoms. The fraction of sp³-hybridized carbons (Fsp3) is 0.640. The minimum atomic E-state index is -0.947. The predicted octanol–water partition coefficient (Wildman–Crippen LogP) is 0.995. The van der Waals surface area contributed by atoms with Gasteiger partial charge in [-0.15, -0.1) is 0 Å². The van der Waals surface area contributed by atoms with Crippen molar-refractivity contribution in [3.8, 4) is 0 Å². The van der Waals surface area contributed by atoms with Crippen molar-refractivity contribution in [2.75, 3.05) is 71.2 Å². The molecule has 6 N–H and O–H groups in total. The molecular formula is C25H45N5O6. The number of nitrogen functional groups attached to an aromatic ring is 1. The summed E-state index contributed by atoms with van der Waals surface area (Å²) in [4.78, 5) is 39.3. The van der Waals surface area contributed by atoms with Crippen LogP contribution in [0.2, 0.25) is 0 Å². The first-order valence-electron chi connectivity index (χ1n) is 12.6. The molecule has 36 heavy (non-hydrogen) atoms. The van der Waals surface area contributed by atoms with Gasteiger partial charge in [-0.05, 0) is 24.1 Å². The van der Waals surface area contributed by atoms with Crippen molar-refractivity contribution in [1.82, 2.24) is 20.0 Å². The SMILES string of the molecule is CC.CC.Nc1ccc(CC(CN2CCN(CC(=O)O)CCN(CC(=O)O)CC2)NCC(=O)O)cc1. The van der Waals surface area contributed by atoms with Crippen LogP contribution >= 0.6 is 0 Å². The van der Waals surface area contributed by atoms with Crippen molar-refractivity contribution < 1.29 is 29.7 Å². The van der Waals surface area contributed by atoms with Crippen LogP contribution in [0.25, 0.3) is 0 Å². The molecule has 206 valence electrons. The predicted molar refractivity (Wildman–Crippen MR) is 141 cm³/mol. The van der Waals surface area contributed by atoms with E-state index < -0.39 is 17.9 Å². The Morgan fingerprint density at radius 1 is 0.778 bits per heavy atom. The second-order valence-electron chi connectivity index (χ2n) is 8.06. The second-order valence-corrected chi connectivity index (χ2v) is 8.06. The van der Waals surface area contributed by atoms with Gasteiger partial charge in [0, 0.05) is 57.5 Å². The standard InChI is InChI=1S/C21H33N5O6.2C2H6/c22-17-3-1-16(2-4-17)11-18(23-12-19(27)28)13-24-5-7-25(14-20(29)30)9-10-26(8-6-24)15-21(31)32;2*1-2/h1-4,18,23H,5-15,22H2,(H,27,28)(H,29,30)(H,31,32);2*1-2H3. The van der Waals surface area contributed by atoms with Crippen LogP contribution < -0.4 is 11.1 Å². The van der Waals surface area contributed by atoms with E-state index in [2.05, 4.69) is 10.2 Å². The van der Waals surface area contributed by atoms with E-state index >= 15 is 0 Å². The average molecular weight is 512 g/mol. The Morgan fingerprint density at radius 2 is 1.19 bits per heavy atom. The number of benzene rings is 1. The maximum atomic E-state index is 11.2. The van der Waals surface area contributed by atoms with Gasteiger partial charge in [-0.3, -0.25) is 29.1 Å². The molecule has 1 aromatic rings. The molecule has 0 bridgehead atoms. The maximum Gasteiger partial charge on any atom is 0.317 e. The van der Waals surface area contributed by atoms with Gasteiger partial charge < -0.3 is 26.4 Å². The van der Waals surface area contributed by atoms with Gasteiger partial charge in [0.2, 0.25) is 0 Å². The number of aliphatic carboxylic acids is 3. The van der Waals surface area contributed by atoms with Crippen LogP contribution in [0.3, 0.4) is 0 Å². The Balaban J connectivity index is 0.00000291. The van der Waals surface area contributed by atoms with Gasteiger partial charge in [0.25, 0.3) is 0 Å². The summed E-state index contributed by atoms with van der Waals surface area (Å²) < 4.78 is 0. The number of rotatable bonds is 11. The maximum absolute atomic E-state index is 11.2. The van der Waals surface area contributed by atoms with Gasteiger partial charge in [0.1, 0.15) is 0 Å². The van der Waals surface area contributed by atoms with E-state index in [0.29, 0.717) is 57.9 Å². The molecule has 1 unspecified atom stereocenters. The minimum absolute atomic E-state index is 0.110. The number of hydrogen-bond donors (Lipinski definition) is 5. The van der Waals surface area contributed by atoms with Crippen LogP contribution in [-0.2, 0) is 20.8 Å². The Hall–Kier alpha value is -2.73. The van der Waals surface area contributed by atoms with Crippen molar-refractivity contribution >= 4 is 23.6 Å². The molecule has 0 amide bonds. The third kappa shape index (κ3) is 15.3. The van der Waals surface area contributed by atoms with Crippen LogP contribution in [0.5, 0.6) is 0 Å². The van der Waals surface area contributed by atoms with Gasteiger partial charge in [-0.2, -0.15) is 0 Å². The molecule has 0 saturated carbocycles. The highest BCUT2D eigenvalue weighted by atomic mass is 16.4. The summed E-state index contributed by atoms with van der Waals surface area (Å²) in [5, 5.41) is 30.6. The van der Waals surface area contributed by atoms with E-state index in [-0.39, 0.29) is 25.7 Å². The minimum Gasteiger partial charge on any atom is -0.480 e. The van der Waals surface area contributed by atoms with Crippen LogP contribution in [0, 0.1) is 0 Å². The highest BCUT2D eigenvalue weighted by Crippen LogP contribution is 2.10. The third-order valence-electron chi connectivity index (χ3n) is 5.40. The molecule has 0 radical (unpaired) electrons. The van der Waals surface area contributed by atoms with Crippen LogP contribution in [0.15, 0.2) is 24.3 Å². The molecule has 1 aliphatic rings. The van der Waals surface area contributed by atoms with E-state index in [1.54, 1.807) is 21.9 Å². The molecule has 0 aromatic heterocycles. The van der Waals surface area contributed by atoms with Crippen molar-refractivity contribution in [3.05, 3.63) is 29.8 Å². The van der Waals surface area contributed by atoms with Crippen molar-refractivity contribution in [3.63, 3.8) is 0 Å². The number of carbonyl (C=O) groups is 3. The topological polar surface area (TPSA) is 160 Å². The fourth-order valence-electron chi connectivity index (χ4n) is 3.75. The first-order valence-corrected chi connectivity index (χ1v) is 12.6. The van der Waals surface area contributed by atoms with E-state index in [4.69, 9.17) is 10.8 Å². The van der Waals surface area contributed by atoms with Crippen molar-refractivity contribution in [2.24, 2.45) is 0 Å². The monoisotopic (exact) mass is 511 g/mol. The number of nitrogens with two attached hydrogens (primary N) is 1. The zero-order valence-electron chi connectivity index (χ0n) is 22.2. The lowest BCUT2D eigenvalue weighted by Crippen LogP contribution is -2.47. The highest BCUT2D eigenvalue weighted by Gasteiger charge is 2.22.